The summed E-state index contributed by atoms with van der Waals surface area (Å²) in [5.41, 5.74) is 1.04. The molecule has 1 N–H and O–H groups in total. The van der Waals surface area contributed by atoms with Crippen LogP contribution in [0.1, 0.15) is 44.3 Å². The number of hydrogen-bond acceptors (Lipinski definition) is 7. The minimum atomic E-state index is -0.582. The highest BCUT2D eigenvalue weighted by atomic mass is 32.2. The number of hydrogen-bond donors (Lipinski definition) is 1. The number of aromatic hydroxyl groups is 1. The molecule has 2 aliphatic rings. The number of carbonyl (C=O) groups excluding carboxylic acids is 2. The molecule has 0 heterocycles. The largest absolute Gasteiger partial charge is 0.507 e. The van der Waals surface area contributed by atoms with Gasteiger partial charge >= 0.3 is 0 Å². The zero-order valence-corrected chi connectivity index (χ0v) is 21.2. The van der Waals surface area contributed by atoms with Gasteiger partial charge in [0.25, 0.3) is 0 Å². The van der Waals surface area contributed by atoms with Gasteiger partial charge in [-0.05, 0) is 60.0 Å². The number of allylic oxidation sites excluding steroid dienone is 5. The molecule has 0 aromatic heterocycles. The Morgan fingerprint density at radius 2 is 1.50 bits per heavy atom. The molecule has 3 aromatic rings. The molecule has 178 valence electrons. The Morgan fingerprint density at radius 3 is 2.28 bits per heavy atom. The summed E-state index contributed by atoms with van der Waals surface area (Å²) in [5, 5.41) is 13.7. The monoisotopic (exact) mass is 511 g/mol. The normalized spacial score (nSPS) is 16.3. The second kappa shape index (κ2) is 9.76. The number of phenolic OH excluding ortho intramolecular Hbond substituents is 1. The van der Waals surface area contributed by atoms with Gasteiger partial charge in [0.05, 0.1) is 22.3 Å². The van der Waals surface area contributed by atoms with Crippen molar-refractivity contribution in [3.05, 3.63) is 117 Å². The van der Waals surface area contributed by atoms with E-state index in [2.05, 4.69) is 24.3 Å². The molecule has 0 fully saturated rings. The van der Waals surface area contributed by atoms with Gasteiger partial charge in [-0.1, -0.05) is 73.0 Å². The Bertz CT molecular complexity index is 1530. The van der Waals surface area contributed by atoms with Crippen LogP contribution in [-0.4, -0.2) is 16.7 Å². The van der Waals surface area contributed by atoms with Gasteiger partial charge in [0, 0.05) is 19.6 Å². The van der Waals surface area contributed by atoms with Gasteiger partial charge in [0.2, 0.25) is 5.78 Å². The van der Waals surface area contributed by atoms with E-state index in [1.54, 1.807) is 12.1 Å². The number of nitrogens with zero attached hydrogens (tertiary/aromatic N) is 1. The maximum Gasteiger partial charge on any atom is 0.200 e. The summed E-state index contributed by atoms with van der Waals surface area (Å²) in [5.74, 6) is -1.10. The first-order chi connectivity index (χ1) is 17.4. The van der Waals surface area contributed by atoms with Crippen LogP contribution < -0.4 is 0 Å². The lowest BCUT2D eigenvalue weighted by Gasteiger charge is -2.23. The predicted molar refractivity (Wildman–Crippen MR) is 144 cm³/mol. The zero-order chi connectivity index (χ0) is 25.4. The smallest absolute Gasteiger partial charge is 0.200 e. The second-order valence-corrected chi connectivity index (χ2v) is 10.8. The molecule has 36 heavy (non-hydrogen) atoms. The first kappa shape index (κ1) is 24.0. The number of aryl methyl sites for hydroxylation is 1. The van der Waals surface area contributed by atoms with Gasteiger partial charge in [-0.15, -0.1) is 4.91 Å². The van der Waals surface area contributed by atoms with Crippen LogP contribution in [0.4, 0.5) is 5.69 Å². The van der Waals surface area contributed by atoms with Gasteiger partial charge in [-0.2, -0.15) is 0 Å². The van der Waals surface area contributed by atoms with E-state index < -0.39 is 11.6 Å². The van der Waals surface area contributed by atoms with E-state index in [9.17, 15) is 19.6 Å². The number of fused-ring (bicyclic) bond motifs is 2. The molecule has 0 bridgehead atoms. The maximum absolute atomic E-state index is 14.1. The summed E-state index contributed by atoms with van der Waals surface area (Å²) in [6.07, 6.45) is 9.95. The Kier molecular flexibility index (Phi) is 6.51. The van der Waals surface area contributed by atoms with Crippen molar-refractivity contribution in [1.29, 1.82) is 0 Å². The Balaban J connectivity index is 1.68. The van der Waals surface area contributed by atoms with E-state index in [-0.39, 0.29) is 39.6 Å². The van der Waals surface area contributed by atoms with E-state index in [0.29, 0.717) is 9.79 Å². The van der Waals surface area contributed by atoms with Crippen LogP contribution in [0.3, 0.4) is 0 Å². The molecule has 0 spiro atoms. The highest BCUT2D eigenvalue weighted by Gasteiger charge is 2.38. The number of nitroso groups, excluding NO2 is 1. The number of benzene rings is 3. The van der Waals surface area contributed by atoms with E-state index in [4.69, 9.17) is 0 Å². The molecular weight excluding hydrogens is 490 g/mol. The van der Waals surface area contributed by atoms with Crippen LogP contribution in [0.15, 0.2) is 104 Å². The lowest BCUT2D eigenvalue weighted by molar-refractivity contribution is 0.0972. The van der Waals surface area contributed by atoms with Crippen molar-refractivity contribution in [2.45, 2.75) is 28.5 Å². The van der Waals surface area contributed by atoms with Crippen LogP contribution in [-0.2, 0) is 0 Å². The van der Waals surface area contributed by atoms with Gasteiger partial charge < -0.3 is 5.11 Å². The fourth-order valence-corrected chi connectivity index (χ4v) is 6.46. The first-order valence-electron chi connectivity index (χ1n) is 11.3. The Hall–Kier alpha value is -3.68. The van der Waals surface area contributed by atoms with Crippen LogP contribution in [0.5, 0.6) is 5.75 Å². The Morgan fingerprint density at radius 1 is 0.806 bits per heavy atom. The fourth-order valence-electron chi connectivity index (χ4n) is 4.30. The molecule has 3 aromatic carbocycles. The lowest BCUT2D eigenvalue weighted by atomic mass is 9.82. The standard InChI is InChI=1S/C29H21NO4S2/c1-16-7-3-5-9-18(15-16)35-22-13-11-19(30-34)24-26(22)29(33)27-23(14-12-20(31)25(27)28(24)32)36-21-10-6-4-8-17(21)2/h3-16,31H,1-2H3. The minimum absolute atomic E-state index is 0.0646. The molecule has 7 heteroatoms. The van der Waals surface area contributed by atoms with Crippen LogP contribution >= 0.6 is 23.5 Å². The van der Waals surface area contributed by atoms with Crippen molar-refractivity contribution in [1.82, 2.24) is 0 Å². The number of phenols is 1. The SMILES string of the molecule is Cc1ccccc1Sc1ccc(O)c2c1C(=O)c1c(SC3=CC(C)C=CC=C3)ccc(N=O)c1C2=O. The topological polar surface area (TPSA) is 83.8 Å². The maximum atomic E-state index is 14.1. The zero-order valence-electron chi connectivity index (χ0n) is 19.5. The highest BCUT2D eigenvalue weighted by molar-refractivity contribution is 8.03. The third-order valence-corrected chi connectivity index (χ3v) is 8.36. The molecule has 0 radical (unpaired) electrons. The quantitative estimate of drug-likeness (QED) is 0.276. The molecule has 2 aliphatic carbocycles. The fraction of sp³-hybridized carbons (Fsp3) is 0.103. The van der Waals surface area contributed by atoms with Gasteiger partial charge in [0.15, 0.2) is 5.78 Å². The highest BCUT2D eigenvalue weighted by Crippen LogP contribution is 2.46. The van der Waals surface area contributed by atoms with Gasteiger partial charge in [-0.3, -0.25) is 9.59 Å². The number of ketones is 2. The van der Waals surface area contributed by atoms with E-state index >= 15 is 0 Å². The summed E-state index contributed by atoms with van der Waals surface area (Å²) >= 11 is 2.73. The second-order valence-electron chi connectivity index (χ2n) is 8.56. The molecule has 0 aliphatic heterocycles. The van der Waals surface area contributed by atoms with Crippen LogP contribution in [0.25, 0.3) is 0 Å². The van der Waals surface area contributed by atoms with Gasteiger partial charge in [-0.25, -0.2) is 0 Å². The van der Waals surface area contributed by atoms with Crippen LogP contribution in [0, 0.1) is 17.7 Å². The average Bonchev–Trinajstić information content (AvgIpc) is 3.08. The molecule has 1 atom stereocenters. The van der Waals surface area contributed by atoms with Crippen molar-refractivity contribution in [2.24, 2.45) is 11.1 Å². The third-order valence-electron chi connectivity index (χ3n) is 6.05. The average molecular weight is 512 g/mol. The van der Waals surface area contributed by atoms with E-state index in [0.717, 1.165) is 15.4 Å². The predicted octanol–water partition coefficient (Wildman–Crippen LogP) is 7.76. The molecule has 5 nitrogen and oxygen atoms in total. The molecule has 5 rings (SSSR count). The summed E-state index contributed by atoms with van der Waals surface area (Å²) in [6, 6.07) is 13.9. The van der Waals surface area contributed by atoms with E-state index in [1.165, 1.54) is 35.7 Å². The van der Waals surface area contributed by atoms with Crippen molar-refractivity contribution in [2.75, 3.05) is 0 Å². The summed E-state index contributed by atoms with van der Waals surface area (Å²) in [7, 11) is 0. The molecule has 0 saturated heterocycles. The number of carbonyl (C=O) groups is 2. The third kappa shape index (κ3) is 4.25. The molecule has 0 amide bonds. The van der Waals surface area contributed by atoms with E-state index in [1.807, 2.05) is 49.4 Å². The van der Waals surface area contributed by atoms with Crippen molar-refractivity contribution < 1.29 is 14.7 Å². The minimum Gasteiger partial charge on any atom is -0.507 e. The first-order valence-corrected chi connectivity index (χ1v) is 13.0. The molecule has 0 saturated carbocycles. The van der Waals surface area contributed by atoms with Crippen molar-refractivity contribution in [3.63, 3.8) is 0 Å². The van der Waals surface area contributed by atoms with Crippen LogP contribution in [0.2, 0.25) is 0 Å². The number of thioether (sulfide) groups is 1. The van der Waals surface area contributed by atoms with Crippen molar-refractivity contribution in [3.8, 4) is 5.75 Å². The number of rotatable bonds is 5. The summed E-state index contributed by atoms with van der Waals surface area (Å²) in [6.45, 7) is 4.03. The lowest BCUT2D eigenvalue weighted by Crippen LogP contribution is -2.23. The summed E-state index contributed by atoms with van der Waals surface area (Å²) < 4.78 is 0. The Labute approximate surface area is 217 Å². The molecule has 1 unspecified atom stereocenters. The summed E-state index contributed by atoms with van der Waals surface area (Å²) in [4.78, 5) is 42.4. The molecular formula is C29H21NO4S2. The van der Waals surface area contributed by atoms with Crippen molar-refractivity contribution >= 4 is 40.8 Å². The van der Waals surface area contributed by atoms with Gasteiger partial charge in [0.1, 0.15) is 11.4 Å².